The molecule has 0 atom stereocenters. The van der Waals surface area contributed by atoms with E-state index in [0.717, 1.165) is 11.8 Å². The number of sulfonamides is 1. The molecular weight excluding hydrogens is 318 g/mol. The number of anilines is 1. The molecule has 2 N–H and O–H groups in total. The van der Waals surface area contributed by atoms with Gasteiger partial charge in [0.05, 0.1) is 18.5 Å². The smallest absolute Gasteiger partial charge is 0.342 e. The van der Waals surface area contributed by atoms with Crippen molar-refractivity contribution in [3.8, 4) is 0 Å². The Morgan fingerprint density at radius 2 is 2.04 bits per heavy atom. The maximum Gasteiger partial charge on any atom is 0.342 e. The summed E-state index contributed by atoms with van der Waals surface area (Å²) in [4.78, 5) is 11.8. The van der Waals surface area contributed by atoms with E-state index in [1.165, 1.54) is 0 Å². The summed E-state index contributed by atoms with van der Waals surface area (Å²) in [6, 6.07) is 7.10. The van der Waals surface area contributed by atoms with Gasteiger partial charge in [0, 0.05) is 0 Å². The fraction of sp³-hybridized carbons (Fsp3) is 0.333. The lowest BCUT2D eigenvalue weighted by Gasteiger charge is -2.14. The van der Waals surface area contributed by atoms with E-state index >= 15 is 0 Å². The molecule has 0 unspecified atom stereocenters. The van der Waals surface area contributed by atoms with Gasteiger partial charge in [0.2, 0.25) is 0 Å². The Morgan fingerprint density at radius 3 is 2.70 bits per heavy atom. The lowest BCUT2D eigenvalue weighted by molar-refractivity contribution is 0.0522. The quantitative estimate of drug-likeness (QED) is 0.789. The minimum absolute atomic E-state index is 0.124. The number of hydrogen-bond acceptors (Lipinski definition) is 5. The maximum atomic E-state index is 12.6. The third-order valence-corrected chi connectivity index (χ3v) is 4.53. The molecule has 0 spiro atoms. The summed E-state index contributed by atoms with van der Waals surface area (Å²) < 4.78 is 32.5. The van der Waals surface area contributed by atoms with Crippen LogP contribution in [0.25, 0.3) is 0 Å². The Kier molecular flexibility index (Phi) is 5.05. The molecule has 0 bridgehead atoms. The van der Waals surface area contributed by atoms with Gasteiger partial charge in [0.15, 0.2) is 5.03 Å². The molecule has 1 heterocycles. The van der Waals surface area contributed by atoms with Gasteiger partial charge in [-0.1, -0.05) is 32.0 Å². The third-order valence-electron chi connectivity index (χ3n) is 3.20. The Bertz CT molecular complexity index is 797. The summed E-state index contributed by atoms with van der Waals surface area (Å²) in [5, 5.41) is 5.69. The molecule has 0 aliphatic heterocycles. The van der Waals surface area contributed by atoms with Crippen LogP contribution in [0.15, 0.2) is 35.5 Å². The van der Waals surface area contributed by atoms with Gasteiger partial charge in [-0.05, 0) is 24.5 Å². The van der Waals surface area contributed by atoms with Crippen LogP contribution in [0.2, 0.25) is 0 Å². The van der Waals surface area contributed by atoms with E-state index in [1.54, 1.807) is 19.1 Å². The van der Waals surface area contributed by atoms with Crippen molar-refractivity contribution in [1.82, 2.24) is 10.2 Å². The standard InChI is InChI=1S/C15H19N3O4S/c1-4-22-15(19)12-9-16-17-14(12)23(20,21)18-13-8-6-5-7-11(13)10(2)3/h5-10,18H,4H2,1-3H3,(H,16,17). The monoisotopic (exact) mass is 337 g/mol. The average Bonchev–Trinajstić information content (AvgIpc) is 2.98. The molecule has 8 heteroatoms. The van der Waals surface area contributed by atoms with Gasteiger partial charge >= 0.3 is 5.97 Å². The summed E-state index contributed by atoms with van der Waals surface area (Å²) in [5.41, 5.74) is 1.20. The molecule has 0 aliphatic carbocycles. The fourth-order valence-corrected chi connectivity index (χ4v) is 3.30. The number of para-hydroxylation sites is 1. The normalized spacial score (nSPS) is 11.5. The topological polar surface area (TPSA) is 101 Å². The van der Waals surface area contributed by atoms with Gasteiger partial charge in [-0.25, -0.2) is 4.79 Å². The van der Waals surface area contributed by atoms with Gasteiger partial charge in [0.1, 0.15) is 5.56 Å². The minimum atomic E-state index is -3.99. The van der Waals surface area contributed by atoms with Gasteiger partial charge in [-0.2, -0.15) is 13.5 Å². The van der Waals surface area contributed by atoms with E-state index in [4.69, 9.17) is 4.74 Å². The highest BCUT2D eigenvalue weighted by molar-refractivity contribution is 7.92. The summed E-state index contributed by atoms with van der Waals surface area (Å²) >= 11 is 0. The number of nitrogens with one attached hydrogen (secondary N) is 2. The first kappa shape index (κ1) is 17.0. The first-order valence-electron chi connectivity index (χ1n) is 7.19. The van der Waals surface area contributed by atoms with Crippen molar-refractivity contribution >= 4 is 21.7 Å². The van der Waals surface area contributed by atoms with Crippen LogP contribution in [-0.2, 0) is 14.8 Å². The fourth-order valence-electron chi connectivity index (χ4n) is 2.12. The number of carbonyl (C=O) groups is 1. The highest BCUT2D eigenvalue weighted by Crippen LogP contribution is 2.26. The molecule has 0 saturated heterocycles. The summed E-state index contributed by atoms with van der Waals surface area (Å²) in [7, 11) is -3.99. The van der Waals surface area contributed by atoms with Crippen LogP contribution < -0.4 is 4.72 Å². The second-order valence-corrected chi connectivity index (χ2v) is 6.80. The van der Waals surface area contributed by atoms with Crippen molar-refractivity contribution in [3.05, 3.63) is 41.6 Å². The maximum absolute atomic E-state index is 12.6. The minimum Gasteiger partial charge on any atom is -0.462 e. The largest absolute Gasteiger partial charge is 0.462 e. The molecular formula is C15H19N3O4S. The predicted octanol–water partition coefficient (Wildman–Crippen LogP) is 2.51. The molecule has 1 aromatic carbocycles. The zero-order valence-electron chi connectivity index (χ0n) is 13.2. The average molecular weight is 337 g/mol. The van der Waals surface area contributed by atoms with Crippen LogP contribution in [0.4, 0.5) is 5.69 Å². The lowest BCUT2D eigenvalue weighted by atomic mass is 10.0. The molecule has 2 aromatic rings. The molecule has 0 fully saturated rings. The highest BCUT2D eigenvalue weighted by Gasteiger charge is 2.26. The van der Waals surface area contributed by atoms with E-state index in [2.05, 4.69) is 14.9 Å². The lowest BCUT2D eigenvalue weighted by Crippen LogP contribution is -2.18. The first-order chi connectivity index (χ1) is 10.9. The number of nitrogens with zero attached hydrogens (tertiary/aromatic N) is 1. The first-order valence-corrected chi connectivity index (χ1v) is 8.67. The van der Waals surface area contributed by atoms with Crippen molar-refractivity contribution in [1.29, 1.82) is 0 Å². The number of H-pyrrole nitrogens is 1. The number of carbonyl (C=O) groups excluding carboxylic acids is 1. The Balaban J connectivity index is 2.38. The Labute approximate surface area is 135 Å². The molecule has 0 saturated carbocycles. The SMILES string of the molecule is CCOC(=O)c1cn[nH]c1S(=O)(=O)Nc1ccccc1C(C)C. The molecule has 2 rings (SSSR count). The van der Waals surface area contributed by atoms with Crippen LogP contribution in [0.3, 0.4) is 0 Å². The number of rotatable bonds is 6. The van der Waals surface area contributed by atoms with Gasteiger partial charge in [-0.3, -0.25) is 9.82 Å². The number of benzene rings is 1. The van der Waals surface area contributed by atoms with Crippen molar-refractivity contribution in [2.45, 2.75) is 31.7 Å². The second-order valence-electron chi connectivity index (χ2n) is 5.18. The molecule has 0 amide bonds. The number of aromatic amines is 1. The number of aromatic nitrogens is 2. The zero-order valence-corrected chi connectivity index (χ0v) is 14.0. The van der Waals surface area contributed by atoms with Gasteiger partial charge < -0.3 is 4.74 Å². The van der Waals surface area contributed by atoms with Crippen LogP contribution in [0.5, 0.6) is 0 Å². The number of ether oxygens (including phenoxy) is 1. The molecule has 1 aromatic heterocycles. The van der Waals surface area contributed by atoms with Gasteiger partial charge in [-0.15, -0.1) is 0 Å². The van der Waals surface area contributed by atoms with E-state index in [1.807, 2.05) is 26.0 Å². The molecule has 7 nitrogen and oxygen atoms in total. The Morgan fingerprint density at radius 1 is 1.35 bits per heavy atom. The van der Waals surface area contributed by atoms with Crippen molar-refractivity contribution in [3.63, 3.8) is 0 Å². The second kappa shape index (κ2) is 6.82. The number of hydrogen-bond donors (Lipinski definition) is 2. The van der Waals surface area contributed by atoms with Crippen molar-refractivity contribution in [2.75, 3.05) is 11.3 Å². The molecule has 124 valence electrons. The van der Waals surface area contributed by atoms with E-state index < -0.39 is 16.0 Å². The molecule has 0 radical (unpaired) electrons. The van der Waals surface area contributed by atoms with Crippen LogP contribution in [0, 0.1) is 0 Å². The third kappa shape index (κ3) is 3.70. The summed E-state index contributed by atoms with van der Waals surface area (Å²) in [6.07, 6.45) is 1.14. The Hall–Kier alpha value is -2.35. The van der Waals surface area contributed by atoms with E-state index in [9.17, 15) is 13.2 Å². The highest BCUT2D eigenvalue weighted by atomic mass is 32.2. The zero-order chi connectivity index (χ0) is 17.0. The van der Waals surface area contributed by atoms with E-state index in [0.29, 0.717) is 5.69 Å². The van der Waals surface area contributed by atoms with Crippen LogP contribution >= 0.6 is 0 Å². The molecule has 23 heavy (non-hydrogen) atoms. The predicted molar refractivity (Wildman–Crippen MR) is 85.9 cm³/mol. The van der Waals surface area contributed by atoms with Crippen molar-refractivity contribution < 1.29 is 17.9 Å². The summed E-state index contributed by atoms with van der Waals surface area (Å²) in [6.45, 7) is 5.72. The summed E-state index contributed by atoms with van der Waals surface area (Å²) in [5.74, 6) is -0.598. The van der Waals surface area contributed by atoms with Gasteiger partial charge in [0.25, 0.3) is 10.0 Å². The van der Waals surface area contributed by atoms with Crippen LogP contribution in [-0.4, -0.2) is 31.2 Å². The van der Waals surface area contributed by atoms with Crippen LogP contribution in [0.1, 0.15) is 42.6 Å². The number of esters is 1. The van der Waals surface area contributed by atoms with E-state index in [-0.39, 0.29) is 23.1 Å². The van der Waals surface area contributed by atoms with Crippen molar-refractivity contribution in [2.24, 2.45) is 0 Å². The molecule has 0 aliphatic rings.